The van der Waals surface area contributed by atoms with Gasteiger partial charge in [0.05, 0.1) is 0 Å². The third-order valence-corrected chi connectivity index (χ3v) is 5.74. The Hall–Kier alpha value is -2.88. The van der Waals surface area contributed by atoms with E-state index in [-0.39, 0.29) is 5.56 Å². The van der Waals surface area contributed by atoms with Gasteiger partial charge in [0.1, 0.15) is 5.52 Å². The van der Waals surface area contributed by atoms with E-state index >= 15 is 0 Å². The highest BCUT2D eigenvalue weighted by Crippen LogP contribution is 2.39. The minimum absolute atomic E-state index is 0.0162. The highest BCUT2D eigenvalue weighted by Gasteiger charge is 2.24. The van der Waals surface area contributed by atoms with Gasteiger partial charge >= 0.3 is 0 Å². The zero-order chi connectivity index (χ0) is 18.5. The van der Waals surface area contributed by atoms with E-state index in [4.69, 9.17) is 9.40 Å². The summed E-state index contributed by atoms with van der Waals surface area (Å²) >= 11 is 0. The monoisotopic (exact) mass is 358 g/mol. The lowest BCUT2D eigenvalue weighted by Gasteiger charge is -2.10. The van der Waals surface area contributed by atoms with Gasteiger partial charge in [-0.3, -0.25) is 4.79 Å². The van der Waals surface area contributed by atoms with Crippen LogP contribution in [0.2, 0.25) is 0 Å². The zero-order valence-electron chi connectivity index (χ0n) is 15.7. The summed E-state index contributed by atoms with van der Waals surface area (Å²) in [5.74, 6) is 1.30. The van der Waals surface area contributed by atoms with E-state index in [0.717, 1.165) is 57.3 Å². The molecule has 0 N–H and O–H groups in total. The average Bonchev–Trinajstić information content (AvgIpc) is 3.33. The first-order valence-electron chi connectivity index (χ1n) is 9.61. The summed E-state index contributed by atoms with van der Waals surface area (Å²) in [4.78, 5) is 17.4. The van der Waals surface area contributed by atoms with E-state index < -0.39 is 0 Å². The van der Waals surface area contributed by atoms with Crippen molar-refractivity contribution in [1.29, 1.82) is 0 Å². The number of aryl methyl sites for hydroxylation is 2. The lowest BCUT2D eigenvalue weighted by molar-refractivity contribution is 0.474. The summed E-state index contributed by atoms with van der Waals surface area (Å²) < 4.78 is 7.97. The zero-order valence-corrected chi connectivity index (χ0v) is 15.7. The van der Waals surface area contributed by atoms with Gasteiger partial charge in [-0.15, -0.1) is 0 Å². The molecular formula is C23H22N2O2. The molecule has 27 heavy (non-hydrogen) atoms. The van der Waals surface area contributed by atoms with Crippen molar-refractivity contribution in [3.05, 3.63) is 64.4 Å². The van der Waals surface area contributed by atoms with Gasteiger partial charge < -0.3 is 8.98 Å². The van der Waals surface area contributed by atoms with Gasteiger partial charge in [0.25, 0.3) is 5.56 Å². The van der Waals surface area contributed by atoms with E-state index in [2.05, 4.69) is 19.1 Å². The number of rotatable bonds is 2. The Balaban J connectivity index is 1.82. The first-order valence-corrected chi connectivity index (χ1v) is 9.61. The van der Waals surface area contributed by atoms with Crippen LogP contribution >= 0.6 is 0 Å². The summed E-state index contributed by atoms with van der Waals surface area (Å²) in [6.45, 7) is 2.08. The molecule has 0 bridgehead atoms. The topological polar surface area (TPSA) is 48.0 Å². The quantitative estimate of drug-likeness (QED) is 0.488. The maximum absolute atomic E-state index is 12.5. The summed E-state index contributed by atoms with van der Waals surface area (Å²) in [6.07, 6.45) is 6.73. The molecule has 4 heteroatoms. The molecule has 0 amide bonds. The lowest BCUT2D eigenvalue weighted by atomic mass is 9.98. The van der Waals surface area contributed by atoms with Gasteiger partial charge in [0.15, 0.2) is 11.5 Å². The maximum atomic E-state index is 12.5. The molecule has 4 nitrogen and oxygen atoms in total. The Morgan fingerprint density at radius 1 is 1.07 bits per heavy atom. The molecule has 4 aromatic rings. The summed E-state index contributed by atoms with van der Waals surface area (Å²) in [7, 11) is 1.80. The van der Waals surface area contributed by atoms with Crippen LogP contribution in [0.3, 0.4) is 0 Å². The average molecular weight is 358 g/mol. The van der Waals surface area contributed by atoms with Crippen LogP contribution in [-0.2, 0) is 7.05 Å². The first-order chi connectivity index (χ1) is 13.1. The van der Waals surface area contributed by atoms with Gasteiger partial charge in [0, 0.05) is 35.7 Å². The van der Waals surface area contributed by atoms with E-state index in [0.29, 0.717) is 5.92 Å². The third kappa shape index (κ3) is 2.59. The second-order valence-electron chi connectivity index (χ2n) is 7.70. The van der Waals surface area contributed by atoms with Crippen molar-refractivity contribution >= 4 is 21.9 Å². The fourth-order valence-corrected chi connectivity index (χ4v) is 4.37. The molecule has 0 unspecified atom stereocenters. The summed E-state index contributed by atoms with van der Waals surface area (Å²) in [5.41, 5.74) is 4.91. The van der Waals surface area contributed by atoms with Crippen molar-refractivity contribution in [3.8, 4) is 11.1 Å². The Kier molecular flexibility index (Phi) is 3.67. The number of benzene rings is 2. The molecule has 0 atom stereocenters. The van der Waals surface area contributed by atoms with Gasteiger partial charge in [-0.05, 0) is 48.9 Å². The van der Waals surface area contributed by atoms with Gasteiger partial charge in [-0.1, -0.05) is 31.0 Å². The number of hydrogen-bond acceptors (Lipinski definition) is 3. The standard InChI is InChI=1S/C23H22N2O2/c1-14-11-18(19-13-25(2)23(26)17-10-6-5-9-16(17)19)21-20(12-14)24-22(27-21)15-7-3-4-8-15/h5-6,9-13,15H,3-4,7-8H2,1-2H3. The molecule has 0 radical (unpaired) electrons. The number of oxazole rings is 1. The molecule has 2 heterocycles. The van der Waals surface area contributed by atoms with Gasteiger partial charge in [-0.25, -0.2) is 4.98 Å². The van der Waals surface area contributed by atoms with Crippen LogP contribution in [0.25, 0.3) is 33.0 Å². The minimum Gasteiger partial charge on any atom is -0.440 e. The van der Waals surface area contributed by atoms with Crippen molar-refractivity contribution in [1.82, 2.24) is 9.55 Å². The molecule has 136 valence electrons. The molecule has 5 rings (SSSR count). The largest absolute Gasteiger partial charge is 0.440 e. The second-order valence-corrected chi connectivity index (χ2v) is 7.70. The molecule has 1 saturated carbocycles. The van der Waals surface area contributed by atoms with Crippen molar-refractivity contribution in [2.45, 2.75) is 38.5 Å². The fraction of sp³-hybridized carbons (Fsp3) is 0.304. The fourth-order valence-electron chi connectivity index (χ4n) is 4.37. The molecule has 0 saturated heterocycles. The molecule has 1 aliphatic rings. The van der Waals surface area contributed by atoms with Crippen molar-refractivity contribution < 1.29 is 4.42 Å². The van der Waals surface area contributed by atoms with Crippen LogP contribution in [-0.4, -0.2) is 9.55 Å². The number of fused-ring (bicyclic) bond motifs is 2. The number of aromatic nitrogens is 2. The summed E-state index contributed by atoms with van der Waals surface area (Å²) in [5, 5.41) is 1.68. The normalized spacial score (nSPS) is 15.2. The molecule has 2 aromatic carbocycles. The molecule has 0 aliphatic heterocycles. The number of pyridine rings is 1. The predicted molar refractivity (Wildman–Crippen MR) is 108 cm³/mol. The van der Waals surface area contributed by atoms with Crippen molar-refractivity contribution in [3.63, 3.8) is 0 Å². The molecule has 1 fully saturated rings. The Labute approximate surface area is 157 Å². The van der Waals surface area contributed by atoms with Crippen LogP contribution in [0.4, 0.5) is 0 Å². The Morgan fingerprint density at radius 2 is 1.81 bits per heavy atom. The first kappa shape index (κ1) is 16.3. The maximum Gasteiger partial charge on any atom is 0.258 e. The highest BCUT2D eigenvalue weighted by atomic mass is 16.3. The lowest BCUT2D eigenvalue weighted by Crippen LogP contribution is -2.16. The van der Waals surface area contributed by atoms with Crippen molar-refractivity contribution in [2.24, 2.45) is 7.05 Å². The molecule has 2 aromatic heterocycles. The third-order valence-electron chi connectivity index (χ3n) is 5.74. The van der Waals surface area contributed by atoms with Crippen LogP contribution in [0, 0.1) is 6.92 Å². The Bertz CT molecular complexity index is 1230. The minimum atomic E-state index is 0.0162. The molecule has 1 aliphatic carbocycles. The smallest absolute Gasteiger partial charge is 0.258 e. The predicted octanol–water partition coefficient (Wildman–Crippen LogP) is 5.31. The van der Waals surface area contributed by atoms with Crippen LogP contribution < -0.4 is 5.56 Å². The number of nitrogens with zero attached hydrogens (tertiary/aromatic N) is 2. The van der Waals surface area contributed by atoms with E-state index in [9.17, 15) is 4.79 Å². The summed E-state index contributed by atoms with van der Waals surface area (Å²) in [6, 6.07) is 12.0. The van der Waals surface area contributed by atoms with E-state index in [1.165, 1.54) is 12.8 Å². The number of hydrogen-bond donors (Lipinski definition) is 0. The van der Waals surface area contributed by atoms with Crippen molar-refractivity contribution in [2.75, 3.05) is 0 Å². The Morgan fingerprint density at radius 3 is 2.59 bits per heavy atom. The SMILES string of the molecule is Cc1cc(-c2cn(C)c(=O)c3ccccc23)c2oc(C3CCCC3)nc2c1. The van der Waals surface area contributed by atoms with Crippen LogP contribution in [0.15, 0.2) is 51.8 Å². The molecular weight excluding hydrogens is 336 g/mol. The van der Waals surface area contributed by atoms with Crippen LogP contribution in [0.1, 0.15) is 43.1 Å². The molecule has 0 spiro atoms. The van der Waals surface area contributed by atoms with E-state index in [1.54, 1.807) is 11.6 Å². The second kappa shape index (κ2) is 6.08. The highest BCUT2D eigenvalue weighted by molar-refractivity contribution is 6.02. The van der Waals surface area contributed by atoms with Gasteiger partial charge in [-0.2, -0.15) is 0 Å². The van der Waals surface area contributed by atoms with Gasteiger partial charge in [0.2, 0.25) is 0 Å². The van der Waals surface area contributed by atoms with Crippen LogP contribution in [0.5, 0.6) is 0 Å². The van der Waals surface area contributed by atoms with E-state index in [1.807, 2.05) is 30.5 Å².